The van der Waals surface area contributed by atoms with Crippen molar-refractivity contribution in [2.75, 3.05) is 6.61 Å². The van der Waals surface area contributed by atoms with Gasteiger partial charge in [-0.3, -0.25) is 14.3 Å². The van der Waals surface area contributed by atoms with E-state index < -0.39 is 35.8 Å². The van der Waals surface area contributed by atoms with Crippen molar-refractivity contribution in [1.29, 1.82) is 0 Å². The number of hydrogen-bond donors (Lipinski definition) is 2. The number of rotatable bonds is 1. The van der Waals surface area contributed by atoms with Gasteiger partial charge < -0.3 is 14.6 Å². The molecule has 3 heterocycles. The summed E-state index contributed by atoms with van der Waals surface area (Å²) in [5.74, 6) is 0. The third kappa shape index (κ3) is 1.26. The van der Waals surface area contributed by atoms with Crippen molar-refractivity contribution in [3.63, 3.8) is 0 Å². The molecule has 4 atom stereocenters. The molecule has 0 aromatic carbocycles. The maximum absolute atomic E-state index is 11.5. The summed E-state index contributed by atoms with van der Waals surface area (Å²) < 4.78 is 12.0. The fraction of sp³-hybridized carbons (Fsp3) is 0.556. The number of aliphatic hydroxyl groups is 1. The third-order valence-electron chi connectivity index (χ3n) is 2.89. The van der Waals surface area contributed by atoms with Crippen LogP contribution in [0.3, 0.4) is 0 Å². The number of aliphatic hydroxyl groups excluding tert-OH is 1. The molecule has 1 aromatic rings. The van der Waals surface area contributed by atoms with E-state index in [1.165, 1.54) is 16.8 Å². The molecule has 1 aromatic heterocycles. The molecule has 2 N–H and O–H groups in total. The number of nitrogens with zero attached hydrogens (tertiary/aromatic N) is 1. The standard InChI is InChI=1S/C9H10N2O5/c12-5-1-2-11(9(14)10-5)8-7-6(13)4(16-8)3-15-7/h1-2,4,6-8,13H,3H2,(H,10,12,14)/t4-,6-,7+,8-/m1/s1. The first-order chi connectivity index (χ1) is 7.66. The van der Waals surface area contributed by atoms with Crippen molar-refractivity contribution in [2.45, 2.75) is 24.5 Å². The fourth-order valence-electron chi connectivity index (χ4n) is 2.09. The number of nitrogens with one attached hydrogen (secondary N) is 1. The fourth-order valence-corrected chi connectivity index (χ4v) is 2.09. The lowest BCUT2D eigenvalue weighted by Crippen LogP contribution is -2.38. The van der Waals surface area contributed by atoms with Crippen molar-refractivity contribution < 1.29 is 14.6 Å². The summed E-state index contributed by atoms with van der Waals surface area (Å²) in [6.07, 6.45) is -0.993. The average Bonchev–Trinajstić information content (AvgIpc) is 2.74. The van der Waals surface area contributed by atoms with Crippen LogP contribution < -0.4 is 11.2 Å². The molecule has 0 amide bonds. The minimum atomic E-state index is -0.719. The number of aromatic amines is 1. The predicted octanol–water partition coefficient (Wildman–Crippen LogP) is -1.81. The van der Waals surface area contributed by atoms with Gasteiger partial charge in [0.15, 0.2) is 6.23 Å². The zero-order valence-corrected chi connectivity index (χ0v) is 8.20. The maximum atomic E-state index is 11.5. The summed E-state index contributed by atoms with van der Waals surface area (Å²) in [7, 11) is 0. The lowest BCUT2D eigenvalue weighted by molar-refractivity contribution is -0.128. The third-order valence-corrected chi connectivity index (χ3v) is 2.89. The normalized spacial score (nSPS) is 36.8. The molecular weight excluding hydrogens is 216 g/mol. The van der Waals surface area contributed by atoms with Crippen LogP contribution in [0.5, 0.6) is 0 Å². The topological polar surface area (TPSA) is 93.5 Å². The summed E-state index contributed by atoms with van der Waals surface area (Å²) in [4.78, 5) is 24.5. The second kappa shape index (κ2) is 3.27. The predicted molar refractivity (Wildman–Crippen MR) is 51.0 cm³/mol. The molecular formula is C9H10N2O5. The van der Waals surface area contributed by atoms with Crippen LogP contribution in [0.25, 0.3) is 0 Å². The molecule has 0 radical (unpaired) electrons. The van der Waals surface area contributed by atoms with Gasteiger partial charge in [0.05, 0.1) is 6.61 Å². The number of ether oxygens (including phenoxy) is 2. The summed E-state index contributed by atoms with van der Waals surface area (Å²) in [6.45, 7) is 0.334. The first-order valence-corrected chi connectivity index (χ1v) is 4.93. The number of fused-ring (bicyclic) bond motifs is 2. The highest BCUT2D eigenvalue weighted by molar-refractivity contribution is 4.97. The Hall–Kier alpha value is -1.44. The summed E-state index contributed by atoms with van der Waals surface area (Å²) in [6, 6.07) is 1.23. The molecule has 86 valence electrons. The quantitative estimate of drug-likeness (QED) is 0.589. The summed E-state index contributed by atoms with van der Waals surface area (Å²) >= 11 is 0. The van der Waals surface area contributed by atoms with Gasteiger partial charge in [0.25, 0.3) is 5.56 Å². The average molecular weight is 226 g/mol. The Kier molecular flexibility index (Phi) is 2.00. The second-order valence-corrected chi connectivity index (χ2v) is 3.87. The van der Waals surface area contributed by atoms with Crippen molar-refractivity contribution in [2.24, 2.45) is 0 Å². The zero-order valence-electron chi connectivity index (χ0n) is 8.20. The molecule has 2 saturated heterocycles. The molecule has 2 bridgehead atoms. The van der Waals surface area contributed by atoms with E-state index in [4.69, 9.17) is 9.47 Å². The van der Waals surface area contributed by atoms with Crippen LogP contribution >= 0.6 is 0 Å². The van der Waals surface area contributed by atoms with Crippen molar-refractivity contribution in [1.82, 2.24) is 9.55 Å². The SMILES string of the molecule is O=c1ccn([C@@H]2O[C@@H]3CO[C@H]2[C@@H]3O)c(=O)[nH]1. The zero-order chi connectivity index (χ0) is 11.3. The van der Waals surface area contributed by atoms with Crippen molar-refractivity contribution >= 4 is 0 Å². The molecule has 7 nitrogen and oxygen atoms in total. The molecule has 2 aliphatic heterocycles. The Morgan fingerprint density at radius 1 is 1.50 bits per heavy atom. The summed E-state index contributed by atoms with van der Waals surface area (Å²) in [5, 5.41) is 9.67. The lowest BCUT2D eigenvalue weighted by atomic mass is 10.2. The molecule has 3 rings (SSSR count). The van der Waals surface area contributed by atoms with Gasteiger partial charge >= 0.3 is 5.69 Å². The largest absolute Gasteiger partial charge is 0.387 e. The van der Waals surface area contributed by atoms with Gasteiger partial charge in [-0.1, -0.05) is 0 Å². The smallest absolute Gasteiger partial charge is 0.330 e. The van der Waals surface area contributed by atoms with Gasteiger partial charge in [-0.15, -0.1) is 0 Å². The van der Waals surface area contributed by atoms with Crippen LogP contribution in [-0.2, 0) is 9.47 Å². The van der Waals surface area contributed by atoms with E-state index in [2.05, 4.69) is 4.98 Å². The lowest BCUT2D eigenvalue weighted by Gasteiger charge is -2.23. The molecule has 0 saturated carbocycles. The van der Waals surface area contributed by atoms with Crippen LogP contribution in [0.1, 0.15) is 6.23 Å². The van der Waals surface area contributed by atoms with Gasteiger partial charge in [0.1, 0.15) is 18.3 Å². The minimum absolute atomic E-state index is 0.334. The highest BCUT2D eigenvalue weighted by atomic mass is 16.6. The van der Waals surface area contributed by atoms with Crippen molar-refractivity contribution in [3.8, 4) is 0 Å². The van der Waals surface area contributed by atoms with E-state index in [1.54, 1.807) is 0 Å². The van der Waals surface area contributed by atoms with Gasteiger partial charge in [-0.2, -0.15) is 0 Å². The molecule has 0 unspecified atom stereocenters. The molecule has 7 heteroatoms. The van der Waals surface area contributed by atoms with Gasteiger partial charge in [0, 0.05) is 12.3 Å². The first kappa shape index (κ1) is 9.76. The van der Waals surface area contributed by atoms with Gasteiger partial charge in [0.2, 0.25) is 0 Å². The Morgan fingerprint density at radius 3 is 2.88 bits per heavy atom. The Labute approximate surface area is 89.2 Å². The van der Waals surface area contributed by atoms with E-state index >= 15 is 0 Å². The van der Waals surface area contributed by atoms with Gasteiger partial charge in [-0.25, -0.2) is 4.79 Å². The van der Waals surface area contributed by atoms with E-state index in [-0.39, 0.29) is 0 Å². The summed E-state index contributed by atoms with van der Waals surface area (Å²) in [5.41, 5.74) is -1.04. The highest BCUT2D eigenvalue weighted by Crippen LogP contribution is 2.36. The Morgan fingerprint density at radius 2 is 2.31 bits per heavy atom. The van der Waals surface area contributed by atoms with Crippen LogP contribution in [0.4, 0.5) is 0 Å². The molecule has 0 aliphatic carbocycles. The molecule has 2 aliphatic rings. The number of H-pyrrole nitrogens is 1. The Balaban J connectivity index is 2.00. The van der Waals surface area contributed by atoms with Crippen molar-refractivity contribution in [3.05, 3.63) is 33.1 Å². The van der Waals surface area contributed by atoms with Crippen LogP contribution in [-0.4, -0.2) is 39.6 Å². The first-order valence-electron chi connectivity index (χ1n) is 4.93. The van der Waals surface area contributed by atoms with E-state index in [0.29, 0.717) is 6.61 Å². The molecule has 16 heavy (non-hydrogen) atoms. The monoisotopic (exact) mass is 226 g/mol. The second-order valence-electron chi connectivity index (χ2n) is 3.87. The van der Waals surface area contributed by atoms with E-state index in [1.807, 2.05) is 0 Å². The Bertz CT molecular complexity index is 521. The van der Waals surface area contributed by atoms with E-state index in [9.17, 15) is 14.7 Å². The van der Waals surface area contributed by atoms with Crippen LogP contribution in [0, 0.1) is 0 Å². The molecule has 0 spiro atoms. The van der Waals surface area contributed by atoms with Crippen LogP contribution in [0.15, 0.2) is 21.9 Å². The minimum Gasteiger partial charge on any atom is -0.387 e. The van der Waals surface area contributed by atoms with Gasteiger partial charge in [-0.05, 0) is 0 Å². The molecule has 2 fully saturated rings. The van der Waals surface area contributed by atoms with E-state index in [0.717, 1.165) is 0 Å². The number of hydrogen-bond acceptors (Lipinski definition) is 5. The van der Waals surface area contributed by atoms with Crippen LogP contribution in [0.2, 0.25) is 0 Å². The maximum Gasteiger partial charge on any atom is 0.330 e. The highest BCUT2D eigenvalue weighted by Gasteiger charge is 2.51. The number of aromatic nitrogens is 2.